The highest BCUT2D eigenvalue weighted by atomic mass is 35.5. The lowest BCUT2D eigenvalue weighted by Gasteiger charge is -2.34. The predicted molar refractivity (Wildman–Crippen MR) is 106 cm³/mol. The Morgan fingerprint density at radius 2 is 1.76 bits per heavy atom. The van der Waals surface area contributed by atoms with Crippen molar-refractivity contribution < 1.29 is 4.79 Å². The van der Waals surface area contributed by atoms with E-state index in [-0.39, 0.29) is 5.91 Å². The number of hydrogen-bond donors (Lipinski definition) is 1. The quantitative estimate of drug-likeness (QED) is 0.809. The van der Waals surface area contributed by atoms with E-state index in [4.69, 9.17) is 23.2 Å². The van der Waals surface area contributed by atoms with Gasteiger partial charge in [0, 0.05) is 38.4 Å². The molecule has 1 saturated heterocycles. The van der Waals surface area contributed by atoms with E-state index in [1.165, 1.54) is 16.9 Å². The predicted octanol–water partition coefficient (Wildman–Crippen LogP) is 4.44. The first-order chi connectivity index (χ1) is 12.0. The molecule has 1 aromatic heterocycles. The van der Waals surface area contributed by atoms with Crippen molar-refractivity contribution in [1.29, 1.82) is 0 Å². The Morgan fingerprint density at radius 3 is 2.32 bits per heavy atom. The number of nitrogens with one attached hydrogen (secondary N) is 1. The topological polar surface area (TPSA) is 35.6 Å². The van der Waals surface area contributed by atoms with Crippen molar-refractivity contribution in [2.45, 2.75) is 13.5 Å². The third kappa shape index (κ3) is 4.96. The molecule has 0 unspecified atom stereocenters. The van der Waals surface area contributed by atoms with E-state index in [1.807, 2.05) is 12.1 Å². The Bertz CT molecular complexity index is 724. The van der Waals surface area contributed by atoms with Gasteiger partial charge in [-0.3, -0.25) is 9.69 Å². The molecule has 134 valence electrons. The Hall–Kier alpha value is -1.11. The van der Waals surface area contributed by atoms with Gasteiger partial charge in [0.05, 0.1) is 9.90 Å². The number of rotatable bonds is 5. The minimum absolute atomic E-state index is 0.239. The van der Waals surface area contributed by atoms with Gasteiger partial charge in [0.2, 0.25) is 0 Å². The maximum atomic E-state index is 12.2. The molecular formula is C18H21Cl2N3OS. The van der Waals surface area contributed by atoms with Crippen LogP contribution in [0.5, 0.6) is 0 Å². The summed E-state index contributed by atoms with van der Waals surface area (Å²) in [5, 5.41) is 2.86. The summed E-state index contributed by atoms with van der Waals surface area (Å²) in [5.74, 6) is -0.239. The van der Waals surface area contributed by atoms with E-state index in [1.54, 1.807) is 6.07 Å². The number of hydrogen-bond acceptors (Lipinski definition) is 4. The lowest BCUT2D eigenvalue weighted by Crippen LogP contribution is -2.45. The van der Waals surface area contributed by atoms with Crippen LogP contribution in [-0.4, -0.2) is 48.4 Å². The summed E-state index contributed by atoms with van der Waals surface area (Å²) >= 11 is 13.1. The molecule has 7 heteroatoms. The van der Waals surface area contributed by atoms with Gasteiger partial charge in [-0.2, -0.15) is 0 Å². The van der Waals surface area contributed by atoms with Crippen molar-refractivity contribution in [3.05, 3.63) is 50.1 Å². The van der Waals surface area contributed by atoms with Crippen molar-refractivity contribution in [3.8, 4) is 0 Å². The lowest BCUT2D eigenvalue weighted by atomic mass is 10.1. The van der Waals surface area contributed by atoms with Crippen LogP contribution >= 0.6 is 34.5 Å². The molecule has 4 nitrogen and oxygen atoms in total. The molecule has 0 atom stereocenters. The van der Waals surface area contributed by atoms with Gasteiger partial charge < -0.3 is 10.2 Å². The molecule has 0 bridgehead atoms. The van der Waals surface area contributed by atoms with Crippen molar-refractivity contribution >= 4 is 46.1 Å². The summed E-state index contributed by atoms with van der Waals surface area (Å²) in [5.41, 5.74) is 2.41. The molecule has 3 rings (SSSR count). The summed E-state index contributed by atoms with van der Waals surface area (Å²) < 4.78 is 0.916. The first kappa shape index (κ1) is 18.7. The van der Waals surface area contributed by atoms with Crippen LogP contribution in [0.3, 0.4) is 0 Å². The molecule has 0 saturated carbocycles. The molecule has 2 heterocycles. The molecule has 1 amide bonds. The number of likely N-dealkylation sites (N-methyl/N-ethyl adjacent to an activating group) is 1. The molecule has 0 spiro atoms. The fourth-order valence-electron chi connectivity index (χ4n) is 2.91. The van der Waals surface area contributed by atoms with Crippen LogP contribution in [0.1, 0.15) is 22.8 Å². The Kier molecular flexibility index (Phi) is 6.36. The third-order valence-corrected chi connectivity index (χ3v) is 5.92. The molecule has 1 N–H and O–H groups in total. The van der Waals surface area contributed by atoms with Gasteiger partial charge in [-0.25, -0.2) is 0 Å². The highest BCUT2D eigenvalue weighted by Gasteiger charge is 2.16. The van der Waals surface area contributed by atoms with Gasteiger partial charge in [-0.1, -0.05) is 42.3 Å². The molecule has 1 aliphatic rings. The Labute approximate surface area is 162 Å². The number of halogens is 2. The molecule has 0 aliphatic carbocycles. The smallest absolute Gasteiger partial charge is 0.258 e. The zero-order valence-electron chi connectivity index (χ0n) is 14.1. The van der Waals surface area contributed by atoms with Gasteiger partial charge in [-0.15, -0.1) is 11.3 Å². The average molecular weight is 398 g/mol. The zero-order valence-corrected chi connectivity index (χ0v) is 16.4. The second-order valence-corrected chi connectivity index (χ2v) is 8.38. The Balaban J connectivity index is 1.55. The molecular weight excluding hydrogens is 377 g/mol. The van der Waals surface area contributed by atoms with Crippen LogP contribution in [0.15, 0.2) is 30.3 Å². The number of carbonyl (C=O) groups is 1. The number of nitrogens with zero attached hydrogens (tertiary/aromatic N) is 2. The molecule has 1 aliphatic heterocycles. The molecule has 2 aromatic rings. The van der Waals surface area contributed by atoms with Crippen LogP contribution in [0.2, 0.25) is 8.67 Å². The normalized spacial score (nSPS) is 16.1. The van der Waals surface area contributed by atoms with Crippen molar-refractivity contribution in [2.75, 3.05) is 38.0 Å². The number of carbonyl (C=O) groups excluding carboxylic acids is 1. The molecule has 1 fully saturated rings. The van der Waals surface area contributed by atoms with Gasteiger partial charge in [0.1, 0.15) is 4.34 Å². The summed E-state index contributed by atoms with van der Waals surface area (Å²) in [6.07, 6.45) is 0. The standard InChI is InChI=1S/C18H21Cl2N3OS/c1-2-22-7-9-23(10-8-22)12-13-3-5-14(6-4-13)21-18(24)15-11-16(19)25-17(15)20/h3-6,11H,2,7-10,12H2,1H3,(H,21,24). The van der Waals surface area contributed by atoms with Crippen molar-refractivity contribution in [2.24, 2.45) is 0 Å². The van der Waals surface area contributed by atoms with E-state index in [2.05, 4.69) is 34.2 Å². The van der Waals surface area contributed by atoms with Gasteiger partial charge in [-0.05, 0) is 30.3 Å². The number of benzene rings is 1. The fraction of sp³-hybridized carbons (Fsp3) is 0.389. The fourth-order valence-corrected chi connectivity index (χ4v) is 4.37. The van der Waals surface area contributed by atoms with Gasteiger partial charge >= 0.3 is 0 Å². The molecule has 0 radical (unpaired) electrons. The first-order valence-corrected chi connectivity index (χ1v) is 9.92. The van der Waals surface area contributed by atoms with Crippen LogP contribution in [-0.2, 0) is 6.54 Å². The van der Waals surface area contributed by atoms with Gasteiger partial charge in [0.15, 0.2) is 0 Å². The van der Waals surface area contributed by atoms with Crippen LogP contribution in [0.4, 0.5) is 5.69 Å². The molecule has 1 aromatic carbocycles. The SMILES string of the molecule is CCN1CCN(Cc2ccc(NC(=O)c3cc(Cl)sc3Cl)cc2)CC1. The lowest BCUT2D eigenvalue weighted by molar-refractivity contribution is 0.102. The van der Waals surface area contributed by atoms with Crippen LogP contribution in [0.25, 0.3) is 0 Å². The maximum absolute atomic E-state index is 12.2. The second kappa shape index (κ2) is 8.52. The minimum atomic E-state index is -0.239. The maximum Gasteiger partial charge on any atom is 0.258 e. The number of amides is 1. The monoisotopic (exact) mass is 397 g/mol. The van der Waals surface area contributed by atoms with E-state index >= 15 is 0 Å². The summed E-state index contributed by atoms with van der Waals surface area (Å²) in [6.45, 7) is 8.75. The molecule has 25 heavy (non-hydrogen) atoms. The van der Waals surface area contributed by atoms with E-state index < -0.39 is 0 Å². The van der Waals surface area contributed by atoms with E-state index in [0.717, 1.165) is 45.0 Å². The number of thiophene rings is 1. The number of piperazine rings is 1. The highest BCUT2D eigenvalue weighted by molar-refractivity contribution is 7.20. The van der Waals surface area contributed by atoms with Gasteiger partial charge in [0.25, 0.3) is 5.91 Å². The van der Waals surface area contributed by atoms with Crippen molar-refractivity contribution in [1.82, 2.24) is 9.80 Å². The summed E-state index contributed by atoms with van der Waals surface area (Å²) in [6, 6.07) is 9.57. The van der Waals surface area contributed by atoms with Crippen LogP contribution < -0.4 is 5.32 Å². The summed E-state index contributed by atoms with van der Waals surface area (Å²) in [4.78, 5) is 17.2. The highest BCUT2D eigenvalue weighted by Crippen LogP contribution is 2.31. The number of anilines is 1. The van der Waals surface area contributed by atoms with E-state index in [9.17, 15) is 4.79 Å². The van der Waals surface area contributed by atoms with E-state index in [0.29, 0.717) is 14.2 Å². The second-order valence-electron chi connectivity index (χ2n) is 6.10. The minimum Gasteiger partial charge on any atom is -0.322 e. The first-order valence-electron chi connectivity index (χ1n) is 8.35. The average Bonchev–Trinajstić information content (AvgIpc) is 2.96. The van der Waals surface area contributed by atoms with Crippen molar-refractivity contribution in [3.63, 3.8) is 0 Å². The third-order valence-electron chi connectivity index (χ3n) is 4.43. The zero-order chi connectivity index (χ0) is 17.8. The van der Waals surface area contributed by atoms with Crippen LogP contribution in [0, 0.1) is 0 Å². The summed E-state index contributed by atoms with van der Waals surface area (Å²) in [7, 11) is 0. The Morgan fingerprint density at radius 1 is 1.12 bits per heavy atom. The largest absolute Gasteiger partial charge is 0.322 e.